The highest BCUT2D eigenvalue weighted by atomic mass is 32.2. The van der Waals surface area contributed by atoms with Crippen LogP contribution in [0.3, 0.4) is 0 Å². The van der Waals surface area contributed by atoms with Gasteiger partial charge in [0.2, 0.25) is 0 Å². The number of hydrogen-bond donors (Lipinski definition) is 0. The molecular weight excluding hydrogens is 461 g/mol. The molecule has 31 heavy (non-hydrogen) atoms. The average molecular weight is 476 g/mol. The molecule has 0 atom stereocenters. The van der Waals surface area contributed by atoms with Crippen LogP contribution in [0.25, 0.3) is 0 Å². The van der Waals surface area contributed by atoms with E-state index in [4.69, 9.17) is 0 Å². The number of hydrogen-bond acceptors (Lipinski definition) is 2. The average Bonchev–Trinajstić information content (AvgIpc) is 2.74. The van der Waals surface area contributed by atoms with Crippen molar-refractivity contribution in [1.82, 2.24) is 0 Å². The molecule has 0 aliphatic carbocycles. The molecule has 0 amide bonds. The van der Waals surface area contributed by atoms with E-state index in [1.807, 2.05) is 0 Å². The Kier molecular flexibility index (Phi) is 6.67. The van der Waals surface area contributed by atoms with Crippen LogP contribution >= 0.6 is 23.5 Å². The molecule has 9 heteroatoms. The van der Waals surface area contributed by atoms with E-state index < -0.39 is 22.1 Å². The second kappa shape index (κ2) is 8.78. The molecule has 0 N–H and O–H groups in total. The van der Waals surface area contributed by atoms with Crippen molar-refractivity contribution >= 4 is 23.5 Å². The fourth-order valence-electron chi connectivity index (χ4n) is 2.80. The molecule has 0 aliphatic heterocycles. The summed E-state index contributed by atoms with van der Waals surface area (Å²) in [5.41, 5.74) is -0.369. The van der Waals surface area contributed by atoms with Crippen molar-refractivity contribution in [3.05, 3.63) is 96.6 Å². The summed E-state index contributed by atoms with van der Waals surface area (Å²) >= 11 is 0.534. The molecule has 0 aromatic heterocycles. The minimum atomic E-state index is -6.45. The Morgan fingerprint density at radius 1 is 0.452 bits per heavy atom. The zero-order valence-corrected chi connectivity index (χ0v) is 17.3. The third-order valence-corrected chi connectivity index (χ3v) is 7.40. The standard InChI is InChI=1S/C22H15F7S2/c23-20(24,21(25,26)22(27,28)29)19(16-10-4-1-5-11-16,30-17-12-6-2-7-13-17)31-18-14-8-3-9-15-18/h1-15H. The molecule has 0 saturated heterocycles. The summed E-state index contributed by atoms with van der Waals surface area (Å²) in [5.74, 6) is -11.8. The molecule has 3 rings (SSSR count). The van der Waals surface area contributed by atoms with Gasteiger partial charge in [-0.3, -0.25) is 0 Å². The molecule has 0 radical (unpaired) electrons. The van der Waals surface area contributed by atoms with Gasteiger partial charge in [-0.2, -0.15) is 30.7 Å². The monoisotopic (exact) mass is 476 g/mol. The van der Waals surface area contributed by atoms with Crippen LogP contribution in [0.15, 0.2) is 101 Å². The van der Waals surface area contributed by atoms with Gasteiger partial charge in [0.05, 0.1) is 0 Å². The Morgan fingerprint density at radius 3 is 1.16 bits per heavy atom. The van der Waals surface area contributed by atoms with E-state index in [2.05, 4.69) is 0 Å². The highest BCUT2D eigenvalue weighted by Gasteiger charge is 2.80. The maximum absolute atomic E-state index is 15.6. The molecule has 0 unspecified atom stereocenters. The van der Waals surface area contributed by atoms with Gasteiger partial charge in [0.25, 0.3) is 0 Å². The second-order valence-corrected chi connectivity index (χ2v) is 9.29. The third kappa shape index (κ3) is 4.43. The maximum Gasteiger partial charge on any atom is 0.459 e. The number of thioether (sulfide) groups is 2. The van der Waals surface area contributed by atoms with Gasteiger partial charge in [0.15, 0.2) is 4.08 Å². The van der Waals surface area contributed by atoms with Crippen LogP contribution in [-0.4, -0.2) is 18.0 Å². The number of halogens is 7. The molecule has 3 aromatic carbocycles. The van der Waals surface area contributed by atoms with Crippen LogP contribution in [-0.2, 0) is 4.08 Å². The normalized spacial score (nSPS) is 13.3. The topological polar surface area (TPSA) is 0 Å². The first-order valence-corrected chi connectivity index (χ1v) is 10.5. The molecule has 3 aromatic rings. The largest absolute Gasteiger partial charge is 0.459 e. The summed E-state index contributed by atoms with van der Waals surface area (Å²) in [5, 5.41) is 0. The Bertz CT molecular complexity index is 934. The number of rotatable bonds is 7. The molecule has 0 saturated carbocycles. The van der Waals surface area contributed by atoms with Gasteiger partial charge < -0.3 is 0 Å². The van der Waals surface area contributed by atoms with Crippen LogP contribution < -0.4 is 0 Å². The minimum Gasteiger partial charge on any atom is -0.196 e. The van der Waals surface area contributed by atoms with Gasteiger partial charge in [-0.15, -0.1) is 0 Å². The lowest BCUT2D eigenvalue weighted by Crippen LogP contribution is -2.60. The van der Waals surface area contributed by atoms with Crippen molar-refractivity contribution in [2.45, 2.75) is 31.9 Å². The van der Waals surface area contributed by atoms with Crippen LogP contribution in [0.2, 0.25) is 0 Å². The van der Waals surface area contributed by atoms with E-state index in [-0.39, 0.29) is 38.9 Å². The molecule has 0 bridgehead atoms. The third-order valence-electron chi connectivity index (χ3n) is 4.33. The number of alkyl halides is 7. The summed E-state index contributed by atoms with van der Waals surface area (Å²) in [4.78, 5) is 0.236. The Morgan fingerprint density at radius 2 is 0.806 bits per heavy atom. The quantitative estimate of drug-likeness (QED) is 0.191. The maximum atomic E-state index is 15.6. The van der Waals surface area contributed by atoms with E-state index in [1.165, 1.54) is 66.7 Å². The summed E-state index contributed by atoms with van der Waals surface area (Å²) in [6.07, 6.45) is -6.45. The van der Waals surface area contributed by atoms with E-state index >= 15 is 8.78 Å². The van der Waals surface area contributed by atoms with Crippen LogP contribution in [0.5, 0.6) is 0 Å². The van der Waals surface area contributed by atoms with Crippen molar-refractivity contribution in [1.29, 1.82) is 0 Å². The van der Waals surface area contributed by atoms with E-state index in [1.54, 1.807) is 12.1 Å². The summed E-state index contributed by atoms with van der Waals surface area (Å²) in [6.45, 7) is 0. The summed E-state index contributed by atoms with van der Waals surface area (Å²) in [6, 6.07) is 21.0. The minimum absolute atomic E-state index is 0.118. The second-order valence-electron chi connectivity index (χ2n) is 6.46. The lowest BCUT2D eigenvalue weighted by molar-refractivity contribution is -0.357. The Balaban J connectivity index is 2.30. The van der Waals surface area contributed by atoms with Crippen molar-refractivity contribution in [3.63, 3.8) is 0 Å². The number of benzene rings is 3. The lowest BCUT2D eigenvalue weighted by atomic mass is 10.00. The molecule has 0 spiro atoms. The fourth-order valence-corrected chi connectivity index (χ4v) is 5.81. The van der Waals surface area contributed by atoms with Crippen LogP contribution in [0.1, 0.15) is 5.56 Å². The molecule has 0 heterocycles. The first-order chi connectivity index (χ1) is 14.5. The highest BCUT2D eigenvalue weighted by Crippen LogP contribution is 2.66. The molecule has 164 valence electrons. The van der Waals surface area contributed by atoms with Gasteiger partial charge in [-0.25, -0.2) is 0 Å². The van der Waals surface area contributed by atoms with Crippen LogP contribution in [0.4, 0.5) is 30.7 Å². The zero-order valence-electron chi connectivity index (χ0n) is 15.6. The molecular formula is C22H15F7S2. The van der Waals surface area contributed by atoms with Gasteiger partial charge >= 0.3 is 18.0 Å². The van der Waals surface area contributed by atoms with Crippen molar-refractivity contribution in [3.8, 4) is 0 Å². The first-order valence-electron chi connectivity index (χ1n) is 8.87. The fraction of sp³-hybridized carbons (Fsp3) is 0.182. The van der Waals surface area contributed by atoms with Crippen molar-refractivity contribution in [2.24, 2.45) is 0 Å². The SMILES string of the molecule is FC(F)(F)C(F)(F)C(F)(F)C(Sc1ccccc1)(Sc1ccccc1)c1ccccc1. The molecule has 0 nitrogen and oxygen atoms in total. The highest BCUT2D eigenvalue weighted by molar-refractivity contribution is 8.17. The zero-order chi connectivity index (χ0) is 22.8. The van der Waals surface area contributed by atoms with Gasteiger partial charge in [0, 0.05) is 9.79 Å². The van der Waals surface area contributed by atoms with Crippen molar-refractivity contribution in [2.75, 3.05) is 0 Å². The Labute approximate surface area is 182 Å². The first kappa shape index (κ1) is 23.5. The van der Waals surface area contributed by atoms with E-state index in [9.17, 15) is 22.0 Å². The molecule has 0 fully saturated rings. The van der Waals surface area contributed by atoms with Crippen molar-refractivity contribution < 1.29 is 30.7 Å². The summed E-state index contributed by atoms with van der Waals surface area (Å²) < 4.78 is 96.5. The lowest BCUT2D eigenvalue weighted by Gasteiger charge is -2.43. The predicted molar refractivity (Wildman–Crippen MR) is 109 cm³/mol. The molecule has 0 aliphatic rings. The smallest absolute Gasteiger partial charge is 0.196 e. The van der Waals surface area contributed by atoms with Gasteiger partial charge in [-0.1, -0.05) is 90.3 Å². The van der Waals surface area contributed by atoms with E-state index in [0.29, 0.717) is 0 Å². The van der Waals surface area contributed by atoms with Crippen LogP contribution in [0, 0.1) is 0 Å². The summed E-state index contributed by atoms with van der Waals surface area (Å²) in [7, 11) is 0. The Hall–Kier alpha value is -2.13. The predicted octanol–water partition coefficient (Wildman–Crippen LogP) is 8.26. The van der Waals surface area contributed by atoms with Gasteiger partial charge in [-0.05, 0) is 29.8 Å². The van der Waals surface area contributed by atoms with E-state index in [0.717, 1.165) is 12.1 Å². The van der Waals surface area contributed by atoms with Gasteiger partial charge in [0.1, 0.15) is 0 Å².